The van der Waals surface area contributed by atoms with Crippen molar-refractivity contribution in [1.82, 2.24) is 0 Å². The number of hydrogen-bond acceptors (Lipinski definition) is 3. The molecule has 3 nitrogen and oxygen atoms in total. The van der Waals surface area contributed by atoms with Gasteiger partial charge in [-0.1, -0.05) is 5.92 Å². The Morgan fingerprint density at radius 1 is 1.58 bits per heavy atom. The summed E-state index contributed by atoms with van der Waals surface area (Å²) >= 11 is 0. The standard InChI is InChI=1S/C9H14O3/c1-5-7(2)11-6-8(3)12-9(4)10/h1,7-8H,6H2,2-4H3. The molecule has 0 aromatic carbocycles. The quantitative estimate of drug-likeness (QED) is 0.466. The van der Waals surface area contributed by atoms with Crippen LogP contribution in [0, 0.1) is 12.3 Å². The van der Waals surface area contributed by atoms with E-state index in [0.717, 1.165) is 0 Å². The number of ether oxygens (including phenoxy) is 2. The highest BCUT2D eigenvalue weighted by Gasteiger charge is 2.06. The lowest BCUT2D eigenvalue weighted by Crippen LogP contribution is -2.21. The van der Waals surface area contributed by atoms with Gasteiger partial charge in [0, 0.05) is 6.92 Å². The number of esters is 1. The van der Waals surface area contributed by atoms with Crippen LogP contribution < -0.4 is 0 Å². The highest BCUT2D eigenvalue weighted by molar-refractivity contribution is 5.66. The Hall–Kier alpha value is -1.01. The first-order valence-electron chi connectivity index (χ1n) is 3.81. The van der Waals surface area contributed by atoms with E-state index in [4.69, 9.17) is 15.9 Å². The van der Waals surface area contributed by atoms with Gasteiger partial charge in [-0.3, -0.25) is 4.79 Å². The Labute approximate surface area is 73.0 Å². The van der Waals surface area contributed by atoms with Crippen molar-refractivity contribution in [2.45, 2.75) is 33.0 Å². The number of terminal acetylenes is 1. The number of carbonyl (C=O) groups is 1. The first-order chi connectivity index (χ1) is 5.56. The third-order valence-corrected chi connectivity index (χ3v) is 1.18. The minimum atomic E-state index is -0.306. The van der Waals surface area contributed by atoms with Gasteiger partial charge in [0.05, 0.1) is 6.61 Å². The van der Waals surface area contributed by atoms with Crippen LogP contribution in [0.3, 0.4) is 0 Å². The Morgan fingerprint density at radius 2 is 2.17 bits per heavy atom. The molecule has 0 spiro atoms. The van der Waals surface area contributed by atoms with E-state index in [0.29, 0.717) is 6.61 Å². The topological polar surface area (TPSA) is 35.5 Å². The summed E-state index contributed by atoms with van der Waals surface area (Å²) in [5.41, 5.74) is 0. The molecule has 0 rings (SSSR count). The van der Waals surface area contributed by atoms with Crippen molar-refractivity contribution in [3.8, 4) is 12.3 Å². The van der Waals surface area contributed by atoms with Gasteiger partial charge in [0.25, 0.3) is 0 Å². The van der Waals surface area contributed by atoms with Crippen molar-refractivity contribution >= 4 is 5.97 Å². The molecule has 0 saturated heterocycles. The van der Waals surface area contributed by atoms with E-state index < -0.39 is 0 Å². The minimum Gasteiger partial charge on any atom is -0.460 e. The molecule has 12 heavy (non-hydrogen) atoms. The molecule has 2 unspecified atom stereocenters. The summed E-state index contributed by atoms with van der Waals surface area (Å²) < 4.78 is 9.95. The summed E-state index contributed by atoms with van der Waals surface area (Å²) in [6.45, 7) is 5.22. The second-order valence-corrected chi connectivity index (χ2v) is 2.56. The molecule has 0 aromatic rings. The first kappa shape index (κ1) is 11.0. The summed E-state index contributed by atoms with van der Waals surface area (Å²) in [7, 11) is 0. The Bertz CT molecular complexity index is 181. The van der Waals surface area contributed by atoms with E-state index in [1.54, 1.807) is 13.8 Å². The lowest BCUT2D eigenvalue weighted by molar-refractivity contribution is -0.148. The number of carbonyl (C=O) groups excluding carboxylic acids is 1. The van der Waals surface area contributed by atoms with Gasteiger partial charge in [0.1, 0.15) is 12.2 Å². The van der Waals surface area contributed by atoms with Crippen molar-refractivity contribution in [2.24, 2.45) is 0 Å². The molecule has 0 radical (unpaired) electrons. The fourth-order valence-corrected chi connectivity index (χ4v) is 0.645. The monoisotopic (exact) mass is 170 g/mol. The van der Waals surface area contributed by atoms with Crippen molar-refractivity contribution in [3.05, 3.63) is 0 Å². The van der Waals surface area contributed by atoms with Crippen molar-refractivity contribution in [2.75, 3.05) is 6.61 Å². The van der Waals surface area contributed by atoms with Gasteiger partial charge in [0.2, 0.25) is 0 Å². The fourth-order valence-electron chi connectivity index (χ4n) is 0.645. The lowest BCUT2D eigenvalue weighted by Gasteiger charge is -2.13. The highest BCUT2D eigenvalue weighted by Crippen LogP contribution is 1.95. The maximum atomic E-state index is 10.5. The van der Waals surface area contributed by atoms with Crippen molar-refractivity contribution in [1.29, 1.82) is 0 Å². The first-order valence-corrected chi connectivity index (χ1v) is 3.81. The molecule has 0 N–H and O–H groups in total. The molecule has 0 aliphatic heterocycles. The second-order valence-electron chi connectivity index (χ2n) is 2.56. The molecule has 0 aliphatic rings. The Kier molecular flexibility index (Phi) is 5.14. The summed E-state index contributed by atoms with van der Waals surface area (Å²) in [5.74, 6) is 2.10. The molecule has 0 bridgehead atoms. The summed E-state index contributed by atoms with van der Waals surface area (Å²) in [6.07, 6.45) is 4.61. The zero-order valence-electron chi connectivity index (χ0n) is 7.66. The second kappa shape index (κ2) is 5.62. The third-order valence-electron chi connectivity index (χ3n) is 1.18. The van der Waals surface area contributed by atoms with Crippen molar-refractivity contribution < 1.29 is 14.3 Å². The zero-order chi connectivity index (χ0) is 9.56. The van der Waals surface area contributed by atoms with Gasteiger partial charge in [0.15, 0.2) is 0 Å². The molecule has 0 amide bonds. The van der Waals surface area contributed by atoms with Gasteiger partial charge >= 0.3 is 5.97 Å². The largest absolute Gasteiger partial charge is 0.460 e. The van der Waals surface area contributed by atoms with Crippen LogP contribution in [0.5, 0.6) is 0 Å². The maximum Gasteiger partial charge on any atom is 0.302 e. The maximum absolute atomic E-state index is 10.5. The van der Waals surface area contributed by atoms with Gasteiger partial charge < -0.3 is 9.47 Å². The summed E-state index contributed by atoms with van der Waals surface area (Å²) in [6, 6.07) is 0. The van der Waals surface area contributed by atoms with Crippen LogP contribution in [-0.4, -0.2) is 24.8 Å². The highest BCUT2D eigenvalue weighted by atomic mass is 16.6. The molecule has 68 valence electrons. The van der Waals surface area contributed by atoms with E-state index in [-0.39, 0.29) is 18.2 Å². The fraction of sp³-hybridized carbons (Fsp3) is 0.667. The van der Waals surface area contributed by atoms with Gasteiger partial charge in [-0.05, 0) is 13.8 Å². The number of hydrogen-bond donors (Lipinski definition) is 0. The van der Waals surface area contributed by atoms with Crippen LogP contribution in [0.2, 0.25) is 0 Å². The van der Waals surface area contributed by atoms with Gasteiger partial charge in [-0.2, -0.15) is 0 Å². The van der Waals surface area contributed by atoms with Gasteiger partial charge in [-0.15, -0.1) is 6.42 Å². The van der Waals surface area contributed by atoms with Crippen LogP contribution in [0.4, 0.5) is 0 Å². The van der Waals surface area contributed by atoms with E-state index >= 15 is 0 Å². The molecule has 0 fully saturated rings. The normalized spacial score (nSPS) is 14.5. The van der Waals surface area contributed by atoms with Crippen LogP contribution >= 0.6 is 0 Å². The third kappa shape index (κ3) is 5.75. The summed E-state index contributed by atoms with van der Waals surface area (Å²) in [4.78, 5) is 10.5. The molecule has 0 saturated carbocycles. The van der Waals surface area contributed by atoms with E-state index in [9.17, 15) is 4.79 Å². The molecule has 0 aromatic heterocycles. The summed E-state index contributed by atoms with van der Waals surface area (Å²) in [5, 5.41) is 0. The smallest absolute Gasteiger partial charge is 0.302 e. The molecular formula is C9H14O3. The van der Waals surface area contributed by atoms with Crippen molar-refractivity contribution in [3.63, 3.8) is 0 Å². The average molecular weight is 170 g/mol. The van der Waals surface area contributed by atoms with Crippen LogP contribution in [0.25, 0.3) is 0 Å². The lowest BCUT2D eigenvalue weighted by atomic mass is 10.4. The Balaban J connectivity index is 3.51. The molecule has 0 aliphatic carbocycles. The van der Waals surface area contributed by atoms with Crippen LogP contribution in [0.15, 0.2) is 0 Å². The average Bonchev–Trinajstić information content (AvgIpc) is 1.99. The number of rotatable bonds is 4. The van der Waals surface area contributed by atoms with Crippen LogP contribution in [-0.2, 0) is 14.3 Å². The predicted octanol–water partition coefficient (Wildman–Crippen LogP) is 0.976. The van der Waals surface area contributed by atoms with E-state index in [1.165, 1.54) is 6.92 Å². The molecule has 2 atom stereocenters. The molecular weight excluding hydrogens is 156 g/mol. The van der Waals surface area contributed by atoms with E-state index in [1.807, 2.05) is 0 Å². The SMILES string of the molecule is C#CC(C)OCC(C)OC(C)=O. The molecule has 3 heteroatoms. The minimum absolute atomic E-state index is 0.233. The Morgan fingerprint density at radius 3 is 2.58 bits per heavy atom. The molecule has 0 heterocycles. The van der Waals surface area contributed by atoms with E-state index in [2.05, 4.69) is 5.92 Å². The predicted molar refractivity (Wildman–Crippen MR) is 45.5 cm³/mol. The van der Waals surface area contributed by atoms with Gasteiger partial charge in [-0.25, -0.2) is 0 Å². The zero-order valence-corrected chi connectivity index (χ0v) is 7.66. The van der Waals surface area contributed by atoms with Crippen LogP contribution in [0.1, 0.15) is 20.8 Å².